The monoisotopic (exact) mass is 177 g/mol. The third kappa shape index (κ3) is 3.10. The normalized spacial score (nSPS) is 10.5. The number of aryl methyl sites for hydroxylation is 1. The van der Waals surface area contributed by atoms with Gasteiger partial charge in [-0.3, -0.25) is 0 Å². The smallest absolute Gasteiger partial charge is 0.0372 e. The van der Waals surface area contributed by atoms with E-state index in [-0.39, 0.29) is 0 Å². The van der Waals surface area contributed by atoms with Crippen LogP contribution in [0.4, 0.5) is 5.69 Å². The molecule has 0 amide bonds. The predicted octanol–water partition coefficient (Wildman–Crippen LogP) is 3.32. The molecule has 0 spiro atoms. The first-order valence-corrected chi connectivity index (χ1v) is 5.05. The van der Waals surface area contributed by atoms with Crippen molar-refractivity contribution in [3.05, 3.63) is 29.8 Å². The van der Waals surface area contributed by atoms with Crippen LogP contribution in [-0.4, -0.2) is 6.54 Å². The molecule has 0 aliphatic carbocycles. The number of anilines is 1. The fourth-order valence-electron chi connectivity index (χ4n) is 1.32. The summed E-state index contributed by atoms with van der Waals surface area (Å²) in [6.07, 6.45) is 1.10. The van der Waals surface area contributed by atoms with Gasteiger partial charge >= 0.3 is 0 Å². The van der Waals surface area contributed by atoms with Crippen molar-refractivity contribution in [2.24, 2.45) is 5.92 Å². The molecule has 0 aliphatic heterocycles. The fraction of sp³-hybridized carbons (Fsp3) is 0.500. The number of nitrogens with one attached hydrogen (secondary N) is 1. The van der Waals surface area contributed by atoms with Crippen molar-refractivity contribution in [1.29, 1.82) is 0 Å². The topological polar surface area (TPSA) is 12.0 Å². The summed E-state index contributed by atoms with van der Waals surface area (Å²) in [4.78, 5) is 0. The minimum Gasteiger partial charge on any atom is -0.385 e. The molecule has 1 rings (SSSR count). The van der Waals surface area contributed by atoms with Gasteiger partial charge in [-0.25, -0.2) is 0 Å². The zero-order chi connectivity index (χ0) is 9.68. The number of para-hydroxylation sites is 1. The lowest BCUT2D eigenvalue weighted by Crippen LogP contribution is -2.09. The largest absolute Gasteiger partial charge is 0.385 e. The van der Waals surface area contributed by atoms with Gasteiger partial charge < -0.3 is 5.32 Å². The molecule has 1 heteroatoms. The molecular formula is C12H19N. The molecule has 0 aliphatic rings. The average Bonchev–Trinajstić information content (AvgIpc) is 2.15. The SMILES string of the molecule is CCc1ccccc1NCC(C)C. The van der Waals surface area contributed by atoms with Crippen LogP contribution in [0.5, 0.6) is 0 Å². The number of rotatable bonds is 4. The predicted molar refractivity (Wildman–Crippen MR) is 59.1 cm³/mol. The van der Waals surface area contributed by atoms with E-state index < -0.39 is 0 Å². The third-order valence-corrected chi connectivity index (χ3v) is 2.10. The molecule has 0 heterocycles. The van der Waals surface area contributed by atoms with Crippen molar-refractivity contribution in [3.63, 3.8) is 0 Å². The van der Waals surface area contributed by atoms with Crippen LogP contribution in [0.25, 0.3) is 0 Å². The summed E-state index contributed by atoms with van der Waals surface area (Å²) >= 11 is 0. The third-order valence-electron chi connectivity index (χ3n) is 2.10. The summed E-state index contributed by atoms with van der Waals surface area (Å²) in [5.74, 6) is 0.699. The molecule has 1 aromatic rings. The van der Waals surface area contributed by atoms with Crippen molar-refractivity contribution in [3.8, 4) is 0 Å². The highest BCUT2D eigenvalue weighted by molar-refractivity contribution is 5.50. The van der Waals surface area contributed by atoms with Gasteiger partial charge in [0.05, 0.1) is 0 Å². The number of hydrogen-bond acceptors (Lipinski definition) is 1. The van der Waals surface area contributed by atoms with Crippen molar-refractivity contribution < 1.29 is 0 Å². The van der Waals surface area contributed by atoms with Gasteiger partial charge in [-0.05, 0) is 24.0 Å². The van der Waals surface area contributed by atoms with Crippen molar-refractivity contribution in [2.75, 3.05) is 11.9 Å². The lowest BCUT2D eigenvalue weighted by atomic mass is 10.1. The summed E-state index contributed by atoms with van der Waals surface area (Å²) in [5, 5.41) is 3.46. The summed E-state index contributed by atoms with van der Waals surface area (Å²) in [6.45, 7) is 7.69. The van der Waals surface area contributed by atoms with Crippen molar-refractivity contribution >= 4 is 5.69 Å². The molecule has 0 radical (unpaired) electrons. The summed E-state index contributed by atoms with van der Waals surface area (Å²) < 4.78 is 0. The van der Waals surface area contributed by atoms with Gasteiger partial charge in [-0.2, -0.15) is 0 Å². The van der Waals surface area contributed by atoms with E-state index in [1.54, 1.807) is 0 Å². The number of benzene rings is 1. The molecule has 0 bridgehead atoms. The molecule has 1 N–H and O–H groups in total. The molecule has 13 heavy (non-hydrogen) atoms. The van der Waals surface area contributed by atoms with E-state index in [9.17, 15) is 0 Å². The van der Waals surface area contributed by atoms with Crippen LogP contribution in [0.15, 0.2) is 24.3 Å². The molecule has 0 saturated carbocycles. The Kier molecular flexibility index (Phi) is 3.81. The Morgan fingerprint density at radius 1 is 1.23 bits per heavy atom. The Bertz CT molecular complexity index is 253. The van der Waals surface area contributed by atoms with Gasteiger partial charge in [0.1, 0.15) is 0 Å². The van der Waals surface area contributed by atoms with Crippen LogP contribution in [0.2, 0.25) is 0 Å². The van der Waals surface area contributed by atoms with Gasteiger partial charge in [-0.15, -0.1) is 0 Å². The van der Waals surface area contributed by atoms with Crippen LogP contribution in [0.3, 0.4) is 0 Å². The highest BCUT2D eigenvalue weighted by Gasteiger charge is 1.99. The van der Waals surface area contributed by atoms with E-state index in [0.717, 1.165) is 13.0 Å². The molecule has 72 valence electrons. The highest BCUT2D eigenvalue weighted by atomic mass is 14.9. The molecule has 0 atom stereocenters. The van der Waals surface area contributed by atoms with Gasteiger partial charge in [0.2, 0.25) is 0 Å². The molecule has 0 aromatic heterocycles. The first-order chi connectivity index (χ1) is 6.24. The highest BCUT2D eigenvalue weighted by Crippen LogP contribution is 2.15. The Hall–Kier alpha value is -0.980. The van der Waals surface area contributed by atoms with E-state index in [4.69, 9.17) is 0 Å². The Labute approximate surface area is 81.2 Å². The minimum atomic E-state index is 0.699. The molecule has 0 fully saturated rings. The fourth-order valence-corrected chi connectivity index (χ4v) is 1.32. The molecule has 0 unspecified atom stereocenters. The van der Waals surface area contributed by atoms with E-state index in [0.29, 0.717) is 5.92 Å². The van der Waals surface area contributed by atoms with Gasteiger partial charge in [0.25, 0.3) is 0 Å². The molecular weight excluding hydrogens is 158 g/mol. The zero-order valence-electron chi connectivity index (χ0n) is 8.80. The van der Waals surface area contributed by atoms with Gasteiger partial charge in [0, 0.05) is 12.2 Å². The number of hydrogen-bond donors (Lipinski definition) is 1. The maximum absolute atomic E-state index is 3.46. The van der Waals surface area contributed by atoms with Gasteiger partial charge in [0.15, 0.2) is 0 Å². The quantitative estimate of drug-likeness (QED) is 0.744. The summed E-state index contributed by atoms with van der Waals surface area (Å²) in [6, 6.07) is 8.52. The van der Waals surface area contributed by atoms with Crippen LogP contribution in [0.1, 0.15) is 26.3 Å². The summed E-state index contributed by atoms with van der Waals surface area (Å²) in [5.41, 5.74) is 2.70. The lowest BCUT2D eigenvalue weighted by Gasteiger charge is -2.12. The second kappa shape index (κ2) is 4.90. The van der Waals surface area contributed by atoms with E-state index in [1.165, 1.54) is 11.3 Å². The second-order valence-corrected chi connectivity index (χ2v) is 3.79. The van der Waals surface area contributed by atoms with Crippen molar-refractivity contribution in [2.45, 2.75) is 27.2 Å². The molecule has 1 nitrogen and oxygen atoms in total. The van der Waals surface area contributed by atoms with Crippen molar-refractivity contribution in [1.82, 2.24) is 0 Å². The summed E-state index contributed by atoms with van der Waals surface area (Å²) in [7, 11) is 0. The van der Waals surface area contributed by atoms with E-state index in [1.807, 2.05) is 0 Å². The maximum atomic E-state index is 3.46. The lowest BCUT2D eigenvalue weighted by molar-refractivity contribution is 0.688. The van der Waals surface area contributed by atoms with Crippen LogP contribution >= 0.6 is 0 Å². The first-order valence-electron chi connectivity index (χ1n) is 5.05. The van der Waals surface area contributed by atoms with E-state index in [2.05, 4.69) is 50.4 Å². The maximum Gasteiger partial charge on any atom is 0.0372 e. The van der Waals surface area contributed by atoms with Gasteiger partial charge in [-0.1, -0.05) is 39.0 Å². The average molecular weight is 177 g/mol. The Morgan fingerprint density at radius 3 is 2.54 bits per heavy atom. The second-order valence-electron chi connectivity index (χ2n) is 3.79. The molecule has 0 saturated heterocycles. The van der Waals surface area contributed by atoms with Crippen LogP contribution < -0.4 is 5.32 Å². The van der Waals surface area contributed by atoms with Crippen LogP contribution in [0, 0.1) is 5.92 Å². The zero-order valence-corrected chi connectivity index (χ0v) is 8.80. The first kappa shape index (κ1) is 10.1. The Morgan fingerprint density at radius 2 is 1.92 bits per heavy atom. The van der Waals surface area contributed by atoms with Crippen LogP contribution in [-0.2, 0) is 6.42 Å². The standard InChI is InChI=1S/C12H19N/c1-4-11-7-5-6-8-12(11)13-9-10(2)3/h5-8,10,13H,4,9H2,1-3H3. The Balaban J connectivity index is 2.64. The van der Waals surface area contributed by atoms with E-state index >= 15 is 0 Å². The minimum absolute atomic E-state index is 0.699. The molecule has 1 aromatic carbocycles.